The van der Waals surface area contributed by atoms with Crippen molar-refractivity contribution in [1.29, 1.82) is 0 Å². The van der Waals surface area contributed by atoms with Gasteiger partial charge in [-0.15, -0.1) is 11.8 Å². The van der Waals surface area contributed by atoms with Gasteiger partial charge in [0.2, 0.25) is 0 Å². The number of rotatable bonds is 5. The third kappa shape index (κ3) is 3.86. The van der Waals surface area contributed by atoms with Crippen molar-refractivity contribution in [3.63, 3.8) is 0 Å². The molecule has 0 spiro atoms. The lowest BCUT2D eigenvalue weighted by Crippen LogP contribution is -2.41. The van der Waals surface area contributed by atoms with Gasteiger partial charge in [-0.2, -0.15) is 0 Å². The first kappa shape index (κ1) is 11.8. The maximum absolute atomic E-state index is 10.8. The SMILES string of the molecule is COCCCN1CCSC(C(=O)O)C1. The van der Waals surface area contributed by atoms with Crippen LogP contribution in [0.15, 0.2) is 0 Å². The minimum absolute atomic E-state index is 0.244. The van der Waals surface area contributed by atoms with Crippen LogP contribution in [0, 0.1) is 0 Å². The van der Waals surface area contributed by atoms with Gasteiger partial charge < -0.3 is 14.7 Å². The highest BCUT2D eigenvalue weighted by atomic mass is 32.2. The molecule has 0 aromatic heterocycles. The van der Waals surface area contributed by atoms with Gasteiger partial charge in [-0.25, -0.2) is 0 Å². The average molecular weight is 219 g/mol. The Balaban J connectivity index is 2.22. The molecule has 1 fully saturated rings. The predicted octanol–water partition coefficient (Wildman–Crippen LogP) is 0.525. The van der Waals surface area contributed by atoms with E-state index in [1.165, 1.54) is 0 Å². The third-order valence-corrected chi connectivity index (χ3v) is 3.42. The molecular formula is C9H17NO3S. The molecule has 1 heterocycles. The molecule has 1 N–H and O–H groups in total. The summed E-state index contributed by atoms with van der Waals surface area (Å²) in [7, 11) is 1.69. The van der Waals surface area contributed by atoms with Crippen molar-refractivity contribution in [2.45, 2.75) is 11.7 Å². The van der Waals surface area contributed by atoms with E-state index in [2.05, 4.69) is 4.90 Å². The average Bonchev–Trinajstić information content (AvgIpc) is 2.19. The van der Waals surface area contributed by atoms with Gasteiger partial charge in [0.05, 0.1) is 0 Å². The lowest BCUT2D eigenvalue weighted by atomic mass is 10.3. The Labute approximate surface area is 88.6 Å². The minimum atomic E-state index is -0.688. The number of carboxylic acids is 1. The summed E-state index contributed by atoms with van der Waals surface area (Å²) in [6, 6.07) is 0. The Hall–Kier alpha value is -0.260. The van der Waals surface area contributed by atoms with E-state index in [0.717, 1.165) is 31.9 Å². The number of aliphatic carboxylic acids is 1. The molecular weight excluding hydrogens is 202 g/mol. The van der Waals surface area contributed by atoms with E-state index in [-0.39, 0.29) is 5.25 Å². The zero-order chi connectivity index (χ0) is 10.4. The van der Waals surface area contributed by atoms with Gasteiger partial charge in [-0.1, -0.05) is 0 Å². The van der Waals surface area contributed by atoms with Crippen LogP contribution in [0.2, 0.25) is 0 Å². The normalized spacial score (nSPS) is 23.6. The summed E-state index contributed by atoms with van der Waals surface area (Å²) in [4.78, 5) is 13.0. The van der Waals surface area contributed by atoms with Gasteiger partial charge in [0.15, 0.2) is 0 Å². The smallest absolute Gasteiger partial charge is 0.317 e. The molecule has 0 aromatic rings. The summed E-state index contributed by atoms with van der Waals surface area (Å²) in [6.07, 6.45) is 0.980. The molecule has 0 amide bonds. The lowest BCUT2D eigenvalue weighted by molar-refractivity contribution is -0.136. The molecule has 1 aliphatic heterocycles. The molecule has 0 aromatic carbocycles. The fourth-order valence-electron chi connectivity index (χ4n) is 1.49. The minimum Gasteiger partial charge on any atom is -0.480 e. The predicted molar refractivity (Wildman–Crippen MR) is 56.8 cm³/mol. The second-order valence-electron chi connectivity index (χ2n) is 3.34. The zero-order valence-electron chi connectivity index (χ0n) is 8.44. The van der Waals surface area contributed by atoms with E-state index in [0.29, 0.717) is 6.54 Å². The molecule has 0 bridgehead atoms. The lowest BCUT2D eigenvalue weighted by Gasteiger charge is -2.29. The van der Waals surface area contributed by atoms with Crippen LogP contribution in [-0.2, 0) is 9.53 Å². The van der Waals surface area contributed by atoms with Gasteiger partial charge in [0.25, 0.3) is 0 Å². The van der Waals surface area contributed by atoms with Crippen molar-refractivity contribution < 1.29 is 14.6 Å². The summed E-state index contributed by atoms with van der Waals surface area (Å²) in [5.74, 6) is 0.232. The van der Waals surface area contributed by atoms with Crippen molar-refractivity contribution in [2.75, 3.05) is 39.1 Å². The molecule has 4 nitrogen and oxygen atoms in total. The van der Waals surface area contributed by atoms with Crippen molar-refractivity contribution in [3.8, 4) is 0 Å². The van der Waals surface area contributed by atoms with Gasteiger partial charge >= 0.3 is 5.97 Å². The van der Waals surface area contributed by atoms with Crippen molar-refractivity contribution >= 4 is 17.7 Å². The molecule has 1 aliphatic rings. The van der Waals surface area contributed by atoms with Crippen molar-refractivity contribution in [3.05, 3.63) is 0 Å². The second kappa shape index (κ2) is 6.27. The fourth-order valence-corrected chi connectivity index (χ4v) is 2.59. The molecule has 5 heteroatoms. The number of hydrogen-bond acceptors (Lipinski definition) is 4. The Kier molecular flexibility index (Phi) is 5.29. The van der Waals surface area contributed by atoms with Crippen LogP contribution in [-0.4, -0.2) is 60.3 Å². The third-order valence-electron chi connectivity index (χ3n) is 2.25. The Morgan fingerprint density at radius 1 is 1.71 bits per heavy atom. The molecule has 82 valence electrons. The van der Waals surface area contributed by atoms with Crippen LogP contribution in [0.5, 0.6) is 0 Å². The molecule has 1 rings (SSSR count). The second-order valence-corrected chi connectivity index (χ2v) is 4.66. The van der Waals surface area contributed by atoms with E-state index >= 15 is 0 Å². The van der Waals surface area contributed by atoms with Crippen molar-refractivity contribution in [2.24, 2.45) is 0 Å². The van der Waals surface area contributed by atoms with Crippen molar-refractivity contribution in [1.82, 2.24) is 4.90 Å². The van der Waals surface area contributed by atoms with Crippen LogP contribution in [0.3, 0.4) is 0 Å². The quantitative estimate of drug-likeness (QED) is 0.683. The molecule has 0 saturated carbocycles. The number of carbonyl (C=O) groups is 1. The number of ether oxygens (including phenoxy) is 1. The first-order valence-electron chi connectivity index (χ1n) is 4.79. The highest BCUT2D eigenvalue weighted by Gasteiger charge is 2.25. The molecule has 0 aliphatic carbocycles. The summed E-state index contributed by atoms with van der Waals surface area (Å²) < 4.78 is 4.96. The fraction of sp³-hybridized carbons (Fsp3) is 0.889. The summed E-state index contributed by atoms with van der Waals surface area (Å²) in [5.41, 5.74) is 0. The first-order valence-corrected chi connectivity index (χ1v) is 5.84. The Morgan fingerprint density at radius 2 is 2.50 bits per heavy atom. The van der Waals surface area contributed by atoms with Crippen LogP contribution in [0.25, 0.3) is 0 Å². The van der Waals surface area contributed by atoms with Crippen LogP contribution < -0.4 is 0 Å². The molecule has 1 saturated heterocycles. The van der Waals surface area contributed by atoms with Crippen LogP contribution in [0.1, 0.15) is 6.42 Å². The van der Waals surface area contributed by atoms with E-state index < -0.39 is 5.97 Å². The number of nitrogens with zero attached hydrogens (tertiary/aromatic N) is 1. The van der Waals surface area contributed by atoms with Gasteiger partial charge in [-0.3, -0.25) is 4.79 Å². The molecule has 14 heavy (non-hydrogen) atoms. The summed E-state index contributed by atoms with van der Waals surface area (Å²) in [5, 5.41) is 8.61. The summed E-state index contributed by atoms with van der Waals surface area (Å²) >= 11 is 1.54. The highest BCUT2D eigenvalue weighted by molar-refractivity contribution is 8.00. The maximum atomic E-state index is 10.8. The Morgan fingerprint density at radius 3 is 3.14 bits per heavy atom. The van der Waals surface area contributed by atoms with Crippen LogP contribution in [0.4, 0.5) is 0 Å². The zero-order valence-corrected chi connectivity index (χ0v) is 9.26. The standard InChI is InChI=1S/C9H17NO3S/c1-13-5-2-3-10-4-6-14-8(7-10)9(11)12/h8H,2-7H2,1H3,(H,11,12). The van der Waals surface area contributed by atoms with Crippen LogP contribution >= 0.6 is 11.8 Å². The summed E-state index contributed by atoms with van der Waals surface area (Å²) in [6.45, 7) is 3.36. The number of carboxylic acid groups (broad SMARTS) is 1. The molecule has 1 atom stereocenters. The first-order chi connectivity index (χ1) is 6.74. The Bertz CT molecular complexity index is 189. The van der Waals surface area contributed by atoms with E-state index in [1.807, 2.05) is 0 Å². The molecule has 1 unspecified atom stereocenters. The molecule has 0 radical (unpaired) electrons. The number of methoxy groups -OCH3 is 1. The topological polar surface area (TPSA) is 49.8 Å². The van der Waals surface area contributed by atoms with Gasteiger partial charge in [-0.05, 0) is 6.42 Å². The van der Waals surface area contributed by atoms with E-state index in [4.69, 9.17) is 9.84 Å². The van der Waals surface area contributed by atoms with E-state index in [1.54, 1.807) is 18.9 Å². The number of thioether (sulfide) groups is 1. The monoisotopic (exact) mass is 219 g/mol. The maximum Gasteiger partial charge on any atom is 0.317 e. The van der Waals surface area contributed by atoms with Gasteiger partial charge in [0.1, 0.15) is 5.25 Å². The highest BCUT2D eigenvalue weighted by Crippen LogP contribution is 2.18. The van der Waals surface area contributed by atoms with E-state index in [9.17, 15) is 4.79 Å². The van der Waals surface area contributed by atoms with Gasteiger partial charge in [0, 0.05) is 39.1 Å². The number of hydrogen-bond donors (Lipinski definition) is 1. The largest absolute Gasteiger partial charge is 0.480 e.